The zero-order chi connectivity index (χ0) is 8.39. The summed E-state index contributed by atoms with van der Waals surface area (Å²) in [6.07, 6.45) is 6.55. The van der Waals surface area contributed by atoms with Crippen molar-refractivity contribution in [1.82, 2.24) is 19.7 Å². The number of anilines is 1. The molecule has 0 atom stereocenters. The molecule has 0 spiro atoms. The molecule has 5 nitrogen and oxygen atoms in total. The third-order valence-electron chi connectivity index (χ3n) is 1.43. The minimum Gasteiger partial charge on any atom is -0.381 e. The van der Waals surface area contributed by atoms with Crippen LogP contribution in [0.4, 0.5) is 5.82 Å². The Kier molecular flexibility index (Phi) is 1.48. The molecular formula is C7H7N5. The van der Waals surface area contributed by atoms with Gasteiger partial charge in [-0.05, 0) is 6.07 Å². The number of rotatable bonds is 1. The monoisotopic (exact) mass is 161 g/mol. The van der Waals surface area contributed by atoms with E-state index in [0.717, 1.165) is 0 Å². The van der Waals surface area contributed by atoms with Gasteiger partial charge >= 0.3 is 0 Å². The average Bonchev–Trinajstić information content (AvgIpc) is 2.57. The van der Waals surface area contributed by atoms with Crippen LogP contribution in [0.25, 0.3) is 5.82 Å². The van der Waals surface area contributed by atoms with Gasteiger partial charge < -0.3 is 5.73 Å². The van der Waals surface area contributed by atoms with Crippen LogP contribution in [-0.4, -0.2) is 19.7 Å². The number of aromatic nitrogens is 4. The van der Waals surface area contributed by atoms with Crippen molar-refractivity contribution < 1.29 is 0 Å². The Bertz CT molecular complexity index is 367. The Balaban J connectivity index is 2.55. The molecule has 2 aromatic rings. The van der Waals surface area contributed by atoms with Gasteiger partial charge in [-0.3, -0.25) is 0 Å². The second-order valence-electron chi connectivity index (χ2n) is 2.22. The molecule has 0 aliphatic heterocycles. The molecule has 2 rings (SSSR count). The smallest absolute Gasteiger partial charge is 0.196 e. The van der Waals surface area contributed by atoms with E-state index in [2.05, 4.69) is 15.1 Å². The van der Waals surface area contributed by atoms with Crippen LogP contribution in [0.2, 0.25) is 0 Å². The van der Waals surface area contributed by atoms with E-state index in [1.54, 1.807) is 35.5 Å². The van der Waals surface area contributed by atoms with Gasteiger partial charge in [0.05, 0.1) is 0 Å². The molecule has 0 aromatic carbocycles. The maximum atomic E-state index is 5.58. The van der Waals surface area contributed by atoms with Gasteiger partial charge in [-0.2, -0.15) is 5.10 Å². The van der Waals surface area contributed by atoms with E-state index in [-0.39, 0.29) is 0 Å². The number of nitrogens with two attached hydrogens (primary N) is 1. The van der Waals surface area contributed by atoms with Crippen molar-refractivity contribution in [3.8, 4) is 5.82 Å². The van der Waals surface area contributed by atoms with Crippen molar-refractivity contribution in [3.63, 3.8) is 0 Å². The molecule has 5 heteroatoms. The molecule has 2 heterocycles. The minimum absolute atomic E-state index is 0.376. The Morgan fingerprint density at radius 2 is 2.00 bits per heavy atom. The fraction of sp³-hybridized carbons (Fsp3) is 0. The van der Waals surface area contributed by atoms with E-state index in [4.69, 9.17) is 5.73 Å². The maximum absolute atomic E-state index is 5.58. The van der Waals surface area contributed by atoms with E-state index in [1.807, 2.05) is 0 Å². The van der Waals surface area contributed by atoms with Crippen LogP contribution in [0.3, 0.4) is 0 Å². The SMILES string of the molecule is Nc1nccnc1-n1cccn1. The number of nitrogen functional groups attached to an aromatic ring is 1. The van der Waals surface area contributed by atoms with Crippen molar-refractivity contribution in [3.05, 3.63) is 30.9 Å². The summed E-state index contributed by atoms with van der Waals surface area (Å²) in [6, 6.07) is 1.80. The lowest BCUT2D eigenvalue weighted by Gasteiger charge is -2.00. The quantitative estimate of drug-likeness (QED) is 0.650. The van der Waals surface area contributed by atoms with Crippen LogP contribution in [-0.2, 0) is 0 Å². The molecule has 60 valence electrons. The average molecular weight is 161 g/mol. The lowest BCUT2D eigenvalue weighted by Crippen LogP contribution is -2.04. The molecule has 0 radical (unpaired) electrons. The molecule has 2 N–H and O–H groups in total. The van der Waals surface area contributed by atoms with Gasteiger partial charge in [-0.15, -0.1) is 0 Å². The summed E-state index contributed by atoms with van der Waals surface area (Å²) in [4.78, 5) is 7.92. The zero-order valence-corrected chi connectivity index (χ0v) is 6.25. The first-order valence-corrected chi connectivity index (χ1v) is 3.44. The first-order valence-electron chi connectivity index (χ1n) is 3.44. The van der Waals surface area contributed by atoms with Gasteiger partial charge in [0.1, 0.15) is 0 Å². The van der Waals surface area contributed by atoms with E-state index in [9.17, 15) is 0 Å². The van der Waals surface area contributed by atoms with Crippen LogP contribution in [0.1, 0.15) is 0 Å². The summed E-state index contributed by atoms with van der Waals surface area (Å²) in [5.41, 5.74) is 5.58. The molecular weight excluding hydrogens is 154 g/mol. The van der Waals surface area contributed by atoms with E-state index >= 15 is 0 Å². The highest BCUT2D eigenvalue weighted by Gasteiger charge is 2.01. The number of nitrogens with zero attached hydrogens (tertiary/aromatic N) is 4. The second kappa shape index (κ2) is 2.61. The van der Waals surface area contributed by atoms with Crippen LogP contribution < -0.4 is 5.73 Å². The fourth-order valence-corrected chi connectivity index (χ4v) is 0.912. The summed E-state index contributed by atoms with van der Waals surface area (Å²) in [5.74, 6) is 0.934. The normalized spacial score (nSPS) is 10.0. The molecule has 0 amide bonds. The Morgan fingerprint density at radius 3 is 2.67 bits per heavy atom. The highest BCUT2D eigenvalue weighted by Crippen LogP contribution is 2.07. The molecule has 0 aliphatic rings. The Morgan fingerprint density at radius 1 is 1.17 bits per heavy atom. The summed E-state index contributed by atoms with van der Waals surface area (Å²) < 4.78 is 1.57. The number of hydrogen-bond donors (Lipinski definition) is 1. The maximum Gasteiger partial charge on any atom is 0.196 e. The largest absolute Gasteiger partial charge is 0.381 e. The molecule has 0 saturated carbocycles. The standard InChI is InChI=1S/C7H7N5/c8-6-7(10-4-3-9-6)12-5-1-2-11-12/h1-5H,(H2,8,9). The first kappa shape index (κ1) is 6.78. The topological polar surface area (TPSA) is 69.6 Å². The molecule has 0 aliphatic carbocycles. The van der Waals surface area contributed by atoms with Crippen molar-refractivity contribution in [2.24, 2.45) is 0 Å². The minimum atomic E-state index is 0.376. The van der Waals surface area contributed by atoms with Gasteiger partial charge in [0.25, 0.3) is 0 Å². The summed E-state index contributed by atoms with van der Waals surface area (Å²) in [7, 11) is 0. The van der Waals surface area contributed by atoms with Crippen molar-refractivity contribution in [1.29, 1.82) is 0 Å². The van der Waals surface area contributed by atoms with Gasteiger partial charge in [-0.1, -0.05) is 0 Å². The molecule has 2 aromatic heterocycles. The number of hydrogen-bond acceptors (Lipinski definition) is 4. The first-order chi connectivity index (χ1) is 5.88. The van der Waals surface area contributed by atoms with Crippen LogP contribution >= 0.6 is 0 Å². The van der Waals surface area contributed by atoms with Gasteiger partial charge in [0.2, 0.25) is 0 Å². The van der Waals surface area contributed by atoms with Gasteiger partial charge in [0, 0.05) is 24.8 Å². The van der Waals surface area contributed by atoms with Crippen LogP contribution in [0, 0.1) is 0 Å². The molecule has 0 fully saturated rings. The van der Waals surface area contributed by atoms with Crippen molar-refractivity contribution >= 4 is 5.82 Å². The fourth-order valence-electron chi connectivity index (χ4n) is 0.912. The Labute approximate surface area is 68.9 Å². The highest BCUT2D eigenvalue weighted by atomic mass is 15.3. The van der Waals surface area contributed by atoms with Crippen molar-refractivity contribution in [2.75, 3.05) is 5.73 Å². The molecule has 0 unspecified atom stereocenters. The second-order valence-corrected chi connectivity index (χ2v) is 2.22. The lowest BCUT2D eigenvalue weighted by molar-refractivity contribution is 0.842. The summed E-state index contributed by atoms with van der Waals surface area (Å²) >= 11 is 0. The molecule has 12 heavy (non-hydrogen) atoms. The Hall–Kier alpha value is -1.91. The van der Waals surface area contributed by atoms with Crippen molar-refractivity contribution in [2.45, 2.75) is 0 Å². The summed E-state index contributed by atoms with van der Waals surface area (Å²) in [6.45, 7) is 0. The van der Waals surface area contributed by atoms with Gasteiger partial charge in [0.15, 0.2) is 11.6 Å². The predicted molar refractivity (Wildman–Crippen MR) is 43.6 cm³/mol. The van der Waals surface area contributed by atoms with E-state index in [1.165, 1.54) is 0 Å². The van der Waals surface area contributed by atoms with Gasteiger partial charge in [-0.25, -0.2) is 14.6 Å². The molecule has 0 saturated heterocycles. The lowest BCUT2D eigenvalue weighted by atomic mass is 10.6. The van der Waals surface area contributed by atoms with E-state index < -0.39 is 0 Å². The summed E-state index contributed by atoms with van der Waals surface area (Å²) in [5, 5.41) is 3.98. The third kappa shape index (κ3) is 1.01. The predicted octanol–water partition coefficient (Wildman–Crippen LogP) is 0.244. The van der Waals surface area contributed by atoms with Crippen LogP contribution in [0.15, 0.2) is 30.9 Å². The third-order valence-corrected chi connectivity index (χ3v) is 1.43. The zero-order valence-electron chi connectivity index (χ0n) is 6.25. The highest BCUT2D eigenvalue weighted by molar-refractivity contribution is 5.44. The molecule has 0 bridgehead atoms. The van der Waals surface area contributed by atoms with E-state index in [0.29, 0.717) is 11.6 Å². The van der Waals surface area contributed by atoms with Crippen LogP contribution in [0.5, 0.6) is 0 Å².